The van der Waals surface area contributed by atoms with Gasteiger partial charge >= 0.3 is 0 Å². The van der Waals surface area contributed by atoms with E-state index in [4.69, 9.17) is 4.52 Å². The van der Waals surface area contributed by atoms with E-state index in [0.29, 0.717) is 47.3 Å². The highest BCUT2D eigenvalue weighted by Gasteiger charge is 2.31. The minimum Gasteiger partial charge on any atom is -0.355 e. The maximum atomic E-state index is 13.7. The summed E-state index contributed by atoms with van der Waals surface area (Å²) in [6.45, 7) is 0. The molecule has 1 fully saturated rings. The Balaban J connectivity index is 1.16. The van der Waals surface area contributed by atoms with Gasteiger partial charge < -0.3 is 9.84 Å². The summed E-state index contributed by atoms with van der Waals surface area (Å²) in [7, 11) is 1.85. The monoisotopic (exact) mass is 574 g/mol. The van der Waals surface area contributed by atoms with Crippen molar-refractivity contribution < 1.29 is 9.32 Å². The molecule has 0 spiro atoms. The van der Waals surface area contributed by atoms with E-state index in [9.17, 15) is 10.1 Å². The second-order valence-corrected chi connectivity index (χ2v) is 10.5. The molecule has 1 aliphatic carbocycles. The summed E-state index contributed by atoms with van der Waals surface area (Å²) in [6.07, 6.45) is 14.2. The van der Waals surface area contributed by atoms with Crippen molar-refractivity contribution in [3.8, 4) is 28.8 Å². The maximum Gasteiger partial charge on any atom is 0.228 e. The van der Waals surface area contributed by atoms with Gasteiger partial charge in [-0.25, -0.2) is 15.0 Å². The second kappa shape index (κ2) is 12.6. The van der Waals surface area contributed by atoms with Crippen LogP contribution in [0.4, 0.5) is 11.8 Å². The predicted molar refractivity (Wildman–Crippen MR) is 158 cm³/mol. The fraction of sp³-hybridized carbons (Fsp3) is 0.290. The number of nitrogens with zero attached hydrogens (tertiary/aromatic N) is 9. The molecule has 6 rings (SSSR count). The van der Waals surface area contributed by atoms with Gasteiger partial charge in [-0.05, 0) is 37.7 Å². The zero-order chi connectivity index (χ0) is 29.6. The van der Waals surface area contributed by atoms with Crippen molar-refractivity contribution in [3.05, 3.63) is 84.7 Å². The van der Waals surface area contributed by atoms with Gasteiger partial charge in [-0.15, -0.1) is 0 Å². The van der Waals surface area contributed by atoms with Crippen LogP contribution < -0.4 is 10.2 Å². The molecular weight excluding hydrogens is 544 g/mol. The fourth-order valence-electron chi connectivity index (χ4n) is 5.40. The van der Waals surface area contributed by atoms with Crippen molar-refractivity contribution in [2.75, 3.05) is 10.2 Å². The van der Waals surface area contributed by atoms with Gasteiger partial charge in [-0.2, -0.15) is 10.4 Å². The standard InChI is InChI=1S/C31H30N10O2/c1-40-20-23(17-36-40)26-18-34-28(19-33-26)41(29(42)12-7-21-5-3-2-4-6-21)25-10-8-24(9-11-25)38-31-35-16-22(15-32)30(39-31)27-13-14-37-43-27/h2-6,13-14,16-20,24-25H,7-12H2,1H3,(H,35,38,39)/t24-,25-. The van der Waals surface area contributed by atoms with Crippen molar-refractivity contribution in [1.29, 1.82) is 5.26 Å². The molecule has 0 aliphatic heterocycles. The van der Waals surface area contributed by atoms with Crippen LogP contribution >= 0.6 is 0 Å². The molecule has 0 unspecified atom stereocenters. The first kappa shape index (κ1) is 27.7. The summed E-state index contributed by atoms with van der Waals surface area (Å²) >= 11 is 0. The molecule has 1 amide bonds. The highest BCUT2D eigenvalue weighted by Crippen LogP contribution is 2.30. The third-order valence-electron chi connectivity index (χ3n) is 7.60. The number of nitriles is 1. The van der Waals surface area contributed by atoms with E-state index in [1.807, 2.05) is 48.5 Å². The lowest BCUT2D eigenvalue weighted by molar-refractivity contribution is -0.119. The Bertz CT molecular complexity index is 1700. The molecule has 12 heteroatoms. The van der Waals surface area contributed by atoms with Crippen LogP contribution in [0.5, 0.6) is 0 Å². The van der Waals surface area contributed by atoms with Gasteiger partial charge in [0.05, 0.1) is 36.7 Å². The van der Waals surface area contributed by atoms with Crippen LogP contribution in [-0.4, -0.2) is 52.9 Å². The number of carbonyl (C=O) groups is 1. The number of rotatable bonds is 9. The summed E-state index contributed by atoms with van der Waals surface area (Å²) in [5.74, 6) is 1.40. The molecule has 5 aromatic rings. The van der Waals surface area contributed by atoms with Crippen LogP contribution in [0.3, 0.4) is 0 Å². The van der Waals surface area contributed by atoms with Gasteiger partial charge in [0.2, 0.25) is 11.9 Å². The number of aryl methyl sites for hydroxylation is 2. The molecule has 216 valence electrons. The van der Waals surface area contributed by atoms with Gasteiger partial charge in [0, 0.05) is 43.4 Å². The van der Waals surface area contributed by atoms with Gasteiger partial charge in [0.1, 0.15) is 17.3 Å². The third-order valence-corrected chi connectivity index (χ3v) is 7.60. The van der Waals surface area contributed by atoms with Crippen LogP contribution in [0.2, 0.25) is 0 Å². The molecule has 0 bridgehead atoms. The van der Waals surface area contributed by atoms with Crippen molar-refractivity contribution >= 4 is 17.7 Å². The number of hydrogen-bond donors (Lipinski definition) is 1. The Labute approximate surface area is 248 Å². The summed E-state index contributed by atoms with van der Waals surface area (Å²) in [5, 5.41) is 20.8. The smallest absolute Gasteiger partial charge is 0.228 e. The predicted octanol–water partition coefficient (Wildman–Crippen LogP) is 4.58. The minimum absolute atomic E-state index is 0.0218. The summed E-state index contributed by atoms with van der Waals surface area (Å²) < 4.78 is 6.94. The lowest BCUT2D eigenvalue weighted by Gasteiger charge is -2.36. The van der Waals surface area contributed by atoms with Gasteiger partial charge in [0.15, 0.2) is 11.6 Å². The maximum absolute atomic E-state index is 13.7. The lowest BCUT2D eigenvalue weighted by atomic mass is 9.89. The lowest BCUT2D eigenvalue weighted by Crippen LogP contribution is -2.45. The van der Waals surface area contributed by atoms with Crippen LogP contribution in [0, 0.1) is 11.3 Å². The van der Waals surface area contributed by atoms with E-state index in [1.54, 1.807) is 29.3 Å². The van der Waals surface area contributed by atoms with E-state index in [1.165, 1.54) is 12.4 Å². The number of nitrogens with one attached hydrogen (secondary N) is 1. The number of hydrogen-bond acceptors (Lipinski definition) is 10. The van der Waals surface area contributed by atoms with Gasteiger partial charge in [0.25, 0.3) is 0 Å². The molecule has 1 N–H and O–H groups in total. The van der Waals surface area contributed by atoms with Crippen LogP contribution in [0.15, 0.2) is 78.1 Å². The minimum atomic E-state index is -0.0218. The van der Waals surface area contributed by atoms with Crippen LogP contribution in [0.25, 0.3) is 22.7 Å². The Hall–Kier alpha value is -5.44. The SMILES string of the molecule is Cn1cc(-c2cnc(N(C(=O)CCc3ccccc3)[C@H]3CC[C@H](Nc4ncc(C#N)c(-c5ccno5)n4)CC3)cn2)cn1. The topological polar surface area (TPSA) is 152 Å². The number of benzene rings is 1. The first-order valence-corrected chi connectivity index (χ1v) is 14.2. The molecule has 4 aromatic heterocycles. The van der Waals surface area contributed by atoms with Crippen LogP contribution in [0.1, 0.15) is 43.2 Å². The van der Waals surface area contributed by atoms with E-state index in [-0.39, 0.29) is 18.0 Å². The first-order chi connectivity index (χ1) is 21.1. The third kappa shape index (κ3) is 6.41. The molecule has 0 radical (unpaired) electrons. The quantitative estimate of drug-likeness (QED) is 0.265. The molecule has 0 atom stereocenters. The van der Waals surface area contributed by atoms with Gasteiger partial charge in [-0.1, -0.05) is 35.5 Å². The number of carbonyl (C=O) groups excluding carboxylic acids is 1. The second-order valence-electron chi connectivity index (χ2n) is 10.5. The normalized spacial score (nSPS) is 16.4. The Morgan fingerprint density at radius 3 is 2.58 bits per heavy atom. The molecule has 1 aliphatic rings. The van der Waals surface area contributed by atoms with Crippen LogP contribution in [-0.2, 0) is 18.3 Å². The molecule has 1 saturated carbocycles. The number of anilines is 2. The van der Waals surface area contributed by atoms with Crippen molar-refractivity contribution in [2.45, 2.75) is 50.6 Å². The summed E-state index contributed by atoms with van der Waals surface area (Å²) in [6, 6.07) is 13.9. The molecular formula is C31H30N10O2. The Morgan fingerprint density at radius 2 is 1.91 bits per heavy atom. The zero-order valence-electron chi connectivity index (χ0n) is 23.7. The number of amides is 1. The molecule has 43 heavy (non-hydrogen) atoms. The number of aromatic nitrogens is 7. The molecule has 1 aromatic carbocycles. The molecule has 4 heterocycles. The van der Waals surface area contributed by atoms with Crippen molar-refractivity contribution in [1.82, 2.24) is 34.9 Å². The molecule has 0 saturated heterocycles. The average Bonchev–Trinajstić information content (AvgIpc) is 3.74. The van der Waals surface area contributed by atoms with Crippen molar-refractivity contribution in [2.24, 2.45) is 7.05 Å². The molecule has 12 nitrogen and oxygen atoms in total. The van der Waals surface area contributed by atoms with E-state index >= 15 is 0 Å². The first-order valence-electron chi connectivity index (χ1n) is 14.2. The zero-order valence-corrected chi connectivity index (χ0v) is 23.7. The highest BCUT2D eigenvalue weighted by molar-refractivity contribution is 5.93. The average molecular weight is 575 g/mol. The van der Waals surface area contributed by atoms with E-state index in [0.717, 1.165) is 36.8 Å². The summed E-state index contributed by atoms with van der Waals surface area (Å²) in [4.78, 5) is 33.7. The van der Waals surface area contributed by atoms with Gasteiger partial charge in [-0.3, -0.25) is 19.4 Å². The van der Waals surface area contributed by atoms with Crippen molar-refractivity contribution in [3.63, 3.8) is 0 Å². The largest absolute Gasteiger partial charge is 0.355 e. The van der Waals surface area contributed by atoms with E-state index < -0.39 is 0 Å². The van der Waals surface area contributed by atoms with E-state index in [2.05, 4.69) is 41.6 Å². The summed E-state index contributed by atoms with van der Waals surface area (Å²) in [5.41, 5.74) is 3.40. The highest BCUT2D eigenvalue weighted by atomic mass is 16.5. The Morgan fingerprint density at radius 1 is 1.07 bits per heavy atom. The fourth-order valence-corrected chi connectivity index (χ4v) is 5.40. The Kier molecular flexibility index (Phi) is 8.13.